The van der Waals surface area contributed by atoms with Crippen molar-refractivity contribution in [1.29, 1.82) is 0 Å². The van der Waals surface area contributed by atoms with Crippen molar-refractivity contribution >= 4 is 15.9 Å². The number of aliphatic imine (C=N–C) groups is 1. The molecule has 2 aliphatic rings. The van der Waals surface area contributed by atoms with E-state index in [1.165, 1.54) is 0 Å². The number of methoxy groups -OCH3 is 1. The molecule has 0 amide bonds. The molecule has 1 N–H and O–H groups in total. The Labute approximate surface area is 125 Å². The van der Waals surface area contributed by atoms with Gasteiger partial charge in [-0.3, -0.25) is 9.71 Å². The molecule has 5 nitrogen and oxygen atoms in total. The van der Waals surface area contributed by atoms with Gasteiger partial charge in [-0.25, -0.2) is 8.42 Å². The highest BCUT2D eigenvalue weighted by atomic mass is 32.2. The van der Waals surface area contributed by atoms with E-state index in [4.69, 9.17) is 4.74 Å². The van der Waals surface area contributed by atoms with E-state index in [2.05, 4.69) is 30.5 Å². The number of rotatable bonds is 2. The molecule has 2 atom stereocenters. The zero-order valence-electron chi connectivity index (χ0n) is 12.7. The van der Waals surface area contributed by atoms with Crippen molar-refractivity contribution < 1.29 is 13.2 Å². The highest BCUT2D eigenvalue weighted by Gasteiger charge is 2.58. The highest BCUT2D eigenvalue weighted by Crippen LogP contribution is 2.53. The monoisotopic (exact) mass is 308 g/mol. The van der Waals surface area contributed by atoms with E-state index < -0.39 is 10.0 Å². The normalized spacial score (nSPS) is 34.1. The van der Waals surface area contributed by atoms with E-state index in [0.717, 1.165) is 6.42 Å². The lowest BCUT2D eigenvalue weighted by Gasteiger charge is -2.57. The summed E-state index contributed by atoms with van der Waals surface area (Å²) in [6.07, 6.45) is 0.782. The molecule has 1 aromatic rings. The lowest BCUT2D eigenvalue weighted by Crippen LogP contribution is -2.62. The molecule has 3 rings (SSSR count). The molecular formula is C15H20N2O3S. The molecule has 21 heavy (non-hydrogen) atoms. The van der Waals surface area contributed by atoms with Crippen LogP contribution in [0.3, 0.4) is 0 Å². The largest absolute Gasteiger partial charge is 0.378 e. The predicted molar refractivity (Wildman–Crippen MR) is 80.9 cm³/mol. The fraction of sp³-hybridized carbons (Fsp3) is 0.533. The second kappa shape index (κ2) is 4.30. The van der Waals surface area contributed by atoms with Crippen LogP contribution in [0.4, 0.5) is 0 Å². The van der Waals surface area contributed by atoms with E-state index in [-0.39, 0.29) is 17.1 Å². The smallest absolute Gasteiger partial charge is 0.263 e. The number of hydrogen-bond donors (Lipinski definition) is 1. The molecule has 0 radical (unpaired) electrons. The third kappa shape index (κ3) is 1.92. The van der Waals surface area contributed by atoms with Crippen LogP contribution < -0.4 is 4.72 Å². The standard InChI is InChI=1S/C15H20N2O3S/c1-14(2)12(9-15(14,3)20-4)16-13-10-7-5-6-8-11(10)21(18,19)17-13/h5-8,12H,9H2,1-4H3,(H,16,17). The molecule has 0 saturated heterocycles. The molecule has 1 heterocycles. The van der Waals surface area contributed by atoms with Crippen LogP contribution >= 0.6 is 0 Å². The number of ether oxygens (including phenoxy) is 1. The predicted octanol–water partition coefficient (Wildman–Crippen LogP) is 1.93. The first-order chi connectivity index (χ1) is 9.71. The van der Waals surface area contributed by atoms with E-state index >= 15 is 0 Å². The van der Waals surface area contributed by atoms with E-state index in [0.29, 0.717) is 16.3 Å². The van der Waals surface area contributed by atoms with Gasteiger partial charge in [-0.15, -0.1) is 0 Å². The van der Waals surface area contributed by atoms with Crippen molar-refractivity contribution in [3.8, 4) is 0 Å². The molecule has 1 aromatic carbocycles. The Morgan fingerprint density at radius 3 is 2.57 bits per heavy atom. The number of sulfonamides is 1. The van der Waals surface area contributed by atoms with Gasteiger partial charge in [0.2, 0.25) is 0 Å². The van der Waals surface area contributed by atoms with Gasteiger partial charge in [-0.2, -0.15) is 0 Å². The summed E-state index contributed by atoms with van der Waals surface area (Å²) in [5.41, 5.74) is 0.288. The molecule has 0 aromatic heterocycles. The highest BCUT2D eigenvalue weighted by molar-refractivity contribution is 7.90. The average Bonchev–Trinajstić information content (AvgIpc) is 2.70. The molecule has 0 bridgehead atoms. The summed E-state index contributed by atoms with van der Waals surface area (Å²) in [6.45, 7) is 6.27. The van der Waals surface area contributed by atoms with Gasteiger partial charge in [0.05, 0.1) is 16.5 Å². The maximum atomic E-state index is 12.1. The second-order valence-electron chi connectivity index (χ2n) is 6.46. The topological polar surface area (TPSA) is 67.8 Å². The van der Waals surface area contributed by atoms with Gasteiger partial charge < -0.3 is 4.74 Å². The lowest BCUT2D eigenvalue weighted by molar-refractivity contribution is -0.171. The van der Waals surface area contributed by atoms with Crippen LogP contribution in [0.5, 0.6) is 0 Å². The first-order valence-corrected chi connectivity index (χ1v) is 8.45. The van der Waals surface area contributed by atoms with Gasteiger partial charge in [0.25, 0.3) is 10.0 Å². The number of nitrogens with one attached hydrogen (secondary N) is 1. The summed E-state index contributed by atoms with van der Waals surface area (Å²) >= 11 is 0. The fourth-order valence-electron chi connectivity index (χ4n) is 3.05. The van der Waals surface area contributed by atoms with E-state index in [9.17, 15) is 8.42 Å². The summed E-state index contributed by atoms with van der Waals surface area (Å²) in [5, 5.41) is 0. The maximum Gasteiger partial charge on any atom is 0.263 e. The van der Waals surface area contributed by atoms with Crippen molar-refractivity contribution in [3.05, 3.63) is 29.8 Å². The molecule has 0 spiro atoms. The van der Waals surface area contributed by atoms with Crippen LogP contribution in [0.2, 0.25) is 0 Å². The summed E-state index contributed by atoms with van der Waals surface area (Å²) in [4.78, 5) is 4.96. The first kappa shape index (κ1) is 14.5. The Hall–Kier alpha value is -1.40. The van der Waals surface area contributed by atoms with Crippen LogP contribution in [0, 0.1) is 5.41 Å². The van der Waals surface area contributed by atoms with Crippen molar-refractivity contribution in [2.24, 2.45) is 10.4 Å². The van der Waals surface area contributed by atoms with E-state index in [1.807, 2.05) is 6.07 Å². The van der Waals surface area contributed by atoms with Crippen molar-refractivity contribution in [2.45, 2.75) is 43.7 Å². The number of nitrogens with zero attached hydrogens (tertiary/aromatic N) is 1. The molecule has 1 aliphatic heterocycles. The second-order valence-corrected chi connectivity index (χ2v) is 8.11. The van der Waals surface area contributed by atoms with Crippen LogP contribution in [0.25, 0.3) is 0 Å². The molecule has 2 unspecified atom stereocenters. The molecule has 1 aliphatic carbocycles. The number of hydrogen-bond acceptors (Lipinski definition) is 4. The molecule has 6 heteroatoms. The van der Waals surface area contributed by atoms with Gasteiger partial charge in [0.15, 0.2) is 0 Å². The summed E-state index contributed by atoms with van der Waals surface area (Å²) in [5.74, 6) is 0.446. The fourth-order valence-corrected chi connectivity index (χ4v) is 4.29. The van der Waals surface area contributed by atoms with Crippen LogP contribution in [-0.2, 0) is 14.8 Å². The Morgan fingerprint density at radius 1 is 1.29 bits per heavy atom. The first-order valence-electron chi connectivity index (χ1n) is 6.96. The van der Waals surface area contributed by atoms with Gasteiger partial charge >= 0.3 is 0 Å². The quantitative estimate of drug-likeness (QED) is 0.907. The minimum absolute atomic E-state index is 0.0336. The molecule has 1 saturated carbocycles. The van der Waals surface area contributed by atoms with Crippen LogP contribution in [-0.4, -0.2) is 33.0 Å². The average molecular weight is 308 g/mol. The zero-order valence-corrected chi connectivity index (χ0v) is 13.5. The summed E-state index contributed by atoms with van der Waals surface area (Å²) < 4.78 is 32.3. The molecular weight excluding hydrogens is 288 g/mol. The summed E-state index contributed by atoms with van der Waals surface area (Å²) in [6, 6.07) is 6.96. The van der Waals surface area contributed by atoms with Crippen LogP contribution in [0.15, 0.2) is 34.2 Å². The van der Waals surface area contributed by atoms with Gasteiger partial charge in [0.1, 0.15) is 5.84 Å². The Balaban J connectivity index is 1.98. The van der Waals surface area contributed by atoms with Crippen molar-refractivity contribution in [2.75, 3.05) is 7.11 Å². The Morgan fingerprint density at radius 2 is 1.95 bits per heavy atom. The van der Waals surface area contributed by atoms with Gasteiger partial charge in [-0.1, -0.05) is 26.0 Å². The van der Waals surface area contributed by atoms with Crippen molar-refractivity contribution in [1.82, 2.24) is 4.72 Å². The van der Waals surface area contributed by atoms with Crippen LogP contribution in [0.1, 0.15) is 32.8 Å². The molecule has 1 fully saturated rings. The van der Waals surface area contributed by atoms with E-state index in [1.54, 1.807) is 25.3 Å². The lowest BCUT2D eigenvalue weighted by atomic mass is 9.56. The zero-order chi connectivity index (χ0) is 15.5. The Bertz CT molecular complexity index is 724. The maximum absolute atomic E-state index is 12.1. The van der Waals surface area contributed by atoms with Crippen molar-refractivity contribution in [3.63, 3.8) is 0 Å². The Kier molecular flexibility index (Phi) is 2.98. The number of amidine groups is 1. The third-order valence-corrected chi connectivity index (χ3v) is 6.57. The number of fused-ring (bicyclic) bond motifs is 1. The SMILES string of the molecule is COC1(C)CC(N=C2NS(=O)(=O)c3ccccc32)C1(C)C. The summed E-state index contributed by atoms with van der Waals surface area (Å²) in [7, 11) is -1.76. The third-order valence-electron chi connectivity index (χ3n) is 5.18. The minimum atomic E-state index is -3.47. The van der Waals surface area contributed by atoms with Gasteiger partial charge in [0, 0.05) is 18.1 Å². The number of benzene rings is 1. The van der Waals surface area contributed by atoms with Gasteiger partial charge in [-0.05, 0) is 25.5 Å². The minimum Gasteiger partial charge on any atom is -0.378 e. The molecule has 114 valence electrons.